The summed E-state index contributed by atoms with van der Waals surface area (Å²) in [5.41, 5.74) is 3.96. The first-order valence-electron chi connectivity index (χ1n) is 24.3. The number of hydrogen-bond donors (Lipinski definition) is 2. The van der Waals surface area contributed by atoms with E-state index in [4.69, 9.17) is 15.0 Å². The molecule has 0 aliphatic rings. The highest BCUT2D eigenvalue weighted by Crippen LogP contribution is 2.44. The number of nitrogens with one attached hydrogen (secondary N) is 2. The van der Waals surface area contributed by atoms with Crippen LogP contribution < -0.4 is 10.6 Å². The second-order valence-electron chi connectivity index (χ2n) is 16.2. The Kier molecular flexibility index (Phi) is 28.2. The number of hydrogen-bond acceptors (Lipinski definition) is 11. The maximum absolute atomic E-state index is 5.12. The van der Waals surface area contributed by atoms with Gasteiger partial charge in [-0.1, -0.05) is 143 Å². The molecule has 0 aliphatic carbocycles. The molecule has 11 heteroatoms. The Labute approximate surface area is 409 Å². The van der Waals surface area contributed by atoms with Gasteiger partial charge in [-0.25, -0.2) is 0 Å². The second-order valence-corrected chi connectivity index (χ2v) is 22.9. The molecule has 347 valence electrons. The smallest absolute Gasteiger partial charge is 0.232 e. The first kappa shape index (κ1) is 54.0. The van der Waals surface area contributed by atoms with E-state index in [9.17, 15) is 0 Å². The topological polar surface area (TPSA) is 62.7 Å². The summed E-state index contributed by atoms with van der Waals surface area (Å²) in [5, 5.41) is 7.44. The Morgan fingerprint density at radius 2 is 0.698 bits per heavy atom. The van der Waals surface area contributed by atoms with E-state index in [0.717, 1.165) is 57.0 Å². The highest BCUT2D eigenvalue weighted by atomic mass is 32.2. The molecule has 3 aromatic carbocycles. The number of benzene rings is 3. The summed E-state index contributed by atoms with van der Waals surface area (Å²) in [6.45, 7) is 17.9. The van der Waals surface area contributed by atoms with Crippen LogP contribution in [-0.2, 0) is 0 Å². The van der Waals surface area contributed by atoms with Crippen molar-refractivity contribution < 1.29 is 0 Å². The zero-order valence-electron chi connectivity index (χ0n) is 39.6. The normalized spacial score (nSPS) is 11.4. The van der Waals surface area contributed by atoms with E-state index in [1.165, 1.54) is 145 Å². The van der Waals surface area contributed by atoms with Crippen LogP contribution in [0.25, 0.3) is 11.4 Å². The van der Waals surface area contributed by atoms with Crippen LogP contribution in [0.15, 0.2) is 77.9 Å². The molecule has 0 bridgehead atoms. The SMILES string of the molecule is [CH2]c1ccc(-c2nc(Nc3cc(SCCCCC)c(SCCCCC)c(SCCCCC)c3)nc(Nc3cc(SCCCCC)c(SCCCCC)c(SCCCCC)c3)n2)cc1. The van der Waals surface area contributed by atoms with Crippen LogP contribution in [0.1, 0.15) is 163 Å². The molecule has 0 unspecified atom stereocenters. The first-order valence-corrected chi connectivity index (χ1v) is 30.2. The Balaban J connectivity index is 1.79. The first-order chi connectivity index (χ1) is 30.9. The molecule has 0 fully saturated rings. The molecule has 0 spiro atoms. The fourth-order valence-corrected chi connectivity index (χ4v) is 14.3. The van der Waals surface area contributed by atoms with Gasteiger partial charge in [0, 0.05) is 46.3 Å². The number of anilines is 4. The number of thioether (sulfide) groups is 6. The van der Waals surface area contributed by atoms with Crippen molar-refractivity contribution in [3.05, 3.63) is 61.0 Å². The molecule has 0 aliphatic heterocycles. The van der Waals surface area contributed by atoms with Crippen molar-refractivity contribution in [3.8, 4) is 11.4 Å². The van der Waals surface area contributed by atoms with Gasteiger partial charge in [0.2, 0.25) is 11.9 Å². The molecule has 0 saturated carbocycles. The largest absolute Gasteiger partial charge is 0.324 e. The van der Waals surface area contributed by atoms with E-state index in [-0.39, 0.29) is 0 Å². The van der Waals surface area contributed by atoms with Crippen molar-refractivity contribution in [3.63, 3.8) is 0 Å². The third-order valence-electron chi connectivity index (χ3n) is 10.4. The summed E-state index contributed by atoms with van der Waals surface area (Å²) < 4.78 is 0. The molecule has 4 aromatic rings. The minimum Gasteiger partial charge on any atom is -0.324 e. The van der Waals surface area contributed by atoms with E-state index in [0.29, 0.717) is 17.7 Å². The van der Waals surface area contributed by atoms with Gasteiger partial charge in [0.25, 0.3) is 0 Å². The summed E-state index contributed by atoms with van der Waals surface area (Å²) in [6.07, 6.45) is 22.4. The molecule has 0 amide bonds. The molecule has 2 N–H and O–H groups in total. The third-order valence-corrected chi connectivity index (χ3v) is 17.9. The average Bonchev–Trinajstić information content (AvgIpc) is 3.28. The zero-order valence-corrected chi connectivity index (χ0v) is 44.5. The lowest BCUT2D eigenvalue weighted by Crippen LogP contribution is -2.06. The zero-order chi connectivity index (χ0) is 44.9. The predicted molar refractivity (Wildman–Crippen MR) is 291 cm³/mol. The monoisotopic (exact) mass is 964 g/mol. The average molecular weight is 966 g/mol. The van der Waals surface area contributed by atoms with Gasteiger partial charge in [-0.05, 0) is 110 Å². The van der Waals surface area contributed by atoms with Crippen LogP contribution in [0.3, 0.4) is 0 Å². The molecule has 5 nitrogen and oxygen atoms in total. The predicted octanol–water partition coefficient (Wildman–Crippen LogP) is 18.9. The van der Waals surface area contributed by atoms with Crippen molar-refractivity contribution in [2.75, 3.05) is 45.2 Å². The van der Waals surface area contributed by atoms with Gasteiger partial charge < -0.3 is 10.6 Å². The Hall–Kier alpha value is -1.63. The summed E-state index contributed by atoms with van der Waals surface area (Å²) in [6, 6.07) is 17.6. The molecule has 1 heterocycles. The number of unbranched alkanes of at least 4 members (excludes halogenated alkanes) is 12. The van der Waals surface area contributed by atoms with Gasteiger partial charge in [0.1, 0.15) is 0 Å². The van der Waals surface area contributed by atoms with Crippen LogP contribution in [0, 0.1) is 6.92 Å². The molecule has 63 heavy (non-hydrogen) atoms. The summed E-state index contributed by atoms with van der Waals surface area (Å²) >= 11 is 12.2. The lowest BCUT2D eigenvalue weighted by Gasteiger charge is -2.18. The summed E-state index contributed by atoms with van der Waals surface area (Å²) in [7, 11) is 0. The van der Waals surface area contributed by atoms with Crippen LogP contribution in [0.5, 0.6) is 0 Å². The molecule has 0 saturated heterocycles. The van der Waals surface area contributed by atoms with Crippen molar-refractivity contribution in [2.24, 2.45) is 0 Å². The van der Waals surface area contributed by atoms with E-state index < -0.39 is 0 Å². The standard InChI is InChI=1S/C52H78N5S6/c1-8-14-20-30-58-44-36-42(37-45(59-31-21-15-9-2)48(44)62-34-24-18-12-5)53-51-55-50(41-28-26-40(7)27-29-41)56-52(57-51)54-43-38-46(60-32-22-16-10-3)49(63-35-25-19-13-6)47(39-43)61-33-23-17-11-4/h26-29,36-39H,7-25,30-35H2,1-6H3,(H2,53,54,55,56,57). The fourth-order valence-electron chi connectivity index (χ4n) is 6.73. The van der Waals surface area contributed by atoms with Gasteiger partial charge in [-0.15, -0.1) is 70.6 Å². The van der Waals surface area contributed by atoms with Gasteiger partial charge in [0.05, 0.1) is 0 Å². The minimum atomic E-state index is 0.542. The summed E-state index contributed by atoms with van der Waals surface area (Å²) in [5.74, 6) is 8.52. The molecular weight excluding hydrogens is 887 g/mol. The number of nitrogens with zero attached hydrogens (tertiary/aromatic N) is 3. The van der Waals surface area contributed by atoms with Crippen molar-refractivity contribution in [1.82, 2.24) is 15.0 Å². The third kappa shape index (κ3) is 20.4. The second kappa shape index (κ2) is 32.9. The van der Waals surface area contributed by atoms with Crippen molar-refractivity contribution in [1.29, 1.82) is 0 Å². The Bertz CT molecular complexity index is 1680. The molecule has 0 atom stereocenters. The van der Waals surface area contributed by atoms with Crippen LogP contribution >= 0.6 is 70.6 Å². The quantitative estimate of drug-likeness (QED) is 0.0342. The van der Waals surface area contributed by atoms with Crippen LogP contribution in [-0.4, -0.2) is 49.5 Å². The lowest BCUT2D eigenvalue weighted by molar-refractivity contribution is 0.776. The Morgan fingerprint density at radius 3 is 1.00 bits per heavy atom. The van der Waals surface area contributed by atoms with E-state index in [2.05, 4.69) is 119 Å². The molecular formula is C52H78N5S6. The maximum Gasteiger partial charge on any atom is 0.232 e. The van der Waals surface area contributed by atoms with Gasteiger partial charge in [0.15, 0.2) is 5.82 Å². The number of rotatable bonds is 35. The van der Waals surface area contributed by atoms with Gasteiger partial charge in [-0.3, -0.25) is 0 Å². The summed E-state index contributed by atoms with van der Waals surface area (Å²) in [4.78, 5) is 23.7. The highest BCUT2D eigenvalue weighted by Gasteiger charge is 2.18. The van der Waals surface area contributed by atoms with Gasteiger partial charge >= 0.3 is 0 Å². The van der Waals surface area contributed by atoms with Gasteiger partial charge in [-0.2, -0.15) is 15.0 Å². The van der Waals surface area contributed by atoms with Crippen LogP contribution in [0.2, 0.25) is 0 Å². The molecule has 4 rings (SSSR count). The Morgan fingerprint density at radius 1 is 0.397 bits per heavy atom. The fraction of sp³-hybridized carbons (Fsp3) is 0.577. The highest BCUT2D eigenvalue weighted by molar-refractivity contribution is 8.04. The number of aromatic nitrogens is 3. The molecule has 1 aromatic heterocycles. The van der Waals surface area contributed by atoms with E-state index >= 15 is 0 Å². The maximum atomic E-state index is 5.12. The van der Waals surface area contributed by atoms with Crippen molar-refractivity contribution in [2.45, 2.75) is 186 Å². The molecule has 1 radical (unpaired) electrons. The van der Waals surface area contributed by atoms with Crippen LogP contribution in [0.4, 0.5) is 23.3 Å². The minimum absolute atomic E-state index is 0.542. The van der Waals surface area contributed by atoms with E-state index in [1.54, 1.807) is 0 Å². The van der Waals surface area contributed by atoms with Crippen molar-refractivity contribution >= 4 is 93.8 Å². The van der Waals surface area contributed by atoms with E-state index in [1.807, 2.05) is 59.2 Å². The lowest BCUT2D eigenvalue weighted by atomic mass is 10.1.